The average Bonchev–Trinajstić information content (AvgIpc) is 2.67. The maximum atomic E-state index is 10.8. The molecule has 6 nitrogen and oxygen atoms in total. The van der Waals surface area contributed by atoms with E-state index in [0.29, 0.717) is 5.82 Å². The minimum absolute atomic E-state index is 0.0493. The molecule has 0 aliphatic heterocycles. The summed E-state index contributed by atoms with van der Waals surface area (Å²) in [6.45, 7) is 5.83. The lowest BCUT2D eigenvalue weighted by atomic mass is 10.2. The predicted molar refractivity (Wildman–Crippen MR) is 79.5 cm³/mol. The number of hydrogen-bond acceptors (Lipinski definition) is 6. The second-order valence-corrected chi connectivity index (χ2v) is 5.96. The molecule has 0 aliphatic carbocycles. The van der Waals surface area contributed by atoms with Crippen molar-refractivity contribution >= 4 is 34.4 Å². The molecular formula is C12H13ClN4O2S. The zero-order chi connectivity index (χ0) is 14.9. The number of thiazole rings is 1. The Bertz CT molecular complexity index is 659. The molecule has 1 atom stereocenters. The molecule has 0 spiro atoms. The smallest absolute Gasteiger partial charge is 0.276 e. The second-order valence-electron chi connectivity index (χ2n) is 4.34. The highest BCUT2D eigenvalue weighted by molar-refractivity contribution is 7.11. The molecule has 8 heteroatoms. The first-order chi connectivity index (χ1) is 9.36. The maximum absolute atomic E-state index is 10.8. The third kappa shape index (κ3) is 3.23. The van der Waals surface area contributed by atoms with Crippen LogP contribution in [-0.4, -0.2) is 14.9 Å². The average molecular weight is 313 g/mol. The Morgan fingerprint density at radius 1 is 1.40 bits per heavy atom. The summed E-state index contributed by atoms with van der Waals surface area (Å²) in [6.07, 6.45) is 0. The van der Waals surface area contributed by atoms with Crippen LogP contribution in [0.15, 0.2) is 12.1 Å². The molecule has 0 radical (unpaired) electrons. The highest BCUT2D eigenvalue weighted by Gasteiger charge is 2.16. The lowest BCUT2D eigenvalue weighted by Crippen LogP contribution is -2.08. The van der Waals surface area contributed by atoms with Crippen LogP contribution in [0, 0.1) is 24.0 Å². The highest BCUT2D eigenvalue weighted by atomic mass is 35.5. The third-order valence-electron chi connectivity index (χ3n) is 2.69. The molecule has 2 rings (SSSR count). The van der Waals surface area contributed by atoms with Crippen molar-refractivity contribution in [2.75, 3.05) is 5.32 Å². The van der Waals surface area contributed by atoms with Crippen LogP contribution in [-0.2, 0) is 0 Å². The number of rotatable bonds is 4. The molecular weight excluding hydrogens is 300 g/mol. The molecule has 0 saturated carbocycles. The number of anilines is 1. The van der Waals surface area contributed by atoms with Crippen LogP contribution in [0.25, 0.3) is 0 Å². The van der Waals surface area contributed by atoms with E-state index in [4.69, 9.17) is 11.6 Å². The lowest BCUT2D eigenvalue weighted by molar-refractivity contribution is -0.384. The summed E-state index contributed by atoms with van der Waals surface area (Å²) in [7, 11) is 0. The van der Waals surface area contributed by atoms with Gasteiger partial charge in [0.25, 0.3) is 5.69 Å². The largest absolute Gasteiger partial charge is 0.362 e. The van der Waals surface area contributed by atoms with Gasteiger partial charge in [-0.3, -0.25) is 10.1 Å². The molecule has 2 heterocycles. The Labute approximate surface area is 125 Å². The molecule has 2 aromatic rings. The normalized spacial score (nSPS) is 12.2. The van der Waals surface area contributed by atoms with E-state index in [9.17, 15) is 10.1 Å². The van der Waals surface area contributed by atoms with Gasteiger partial charge in [-0.1, -0.05) is 11.6 Å². The van der Waals surface area contributed by atoms with Crippen LogP contribution in [0.4, 0.5) is 11.5 Å². The Kier molecular flexibility index (Phi) is 4.20. The van der Waals surface area contributed by atoms with Gasteiger partial charge in [-0.15, -0.1) is 11.3 Å². The van der Waals surface area contributed by atoms with E-state index in [0.717, 1.165) is 15.6 Å². The lowest BCUT2D eigenvalue weighted by Gasteiger charge is -2.13. The van der Waals surface area contributed by atoms with Gasteiger partial charge in [0.1, 0.15) is 11.0 Å². The van der Waals surface area contributed by atoms with Crippen molar-refractivity contribution in [1.82, 2.24) is 9.97 Å². The van der Waals surface area contributed by atoms with Gasteiger partial charge >= 0.3 is 0 Å². The van der Waals surface area contributed by atoms with Gasteiger partial charge in [0.15, 0.2) is 0 Å². The molecule has 20 heavy (non-hydrogen) atoms. The van der Waals surface area contributed by atoms with Crippen molar-refractivity contribution < 1.29 is 4.92 Å². The summed E-state index contributed by atoms with van der Waals surface area (Å²) in [6, 6.07) is 2.54. The summed E-state index contributed by atoms with van der Waals surface area (Å²) in [5.74, 6) is 0.377. The fourth-order valence-corrected chi connectivity index (χ4v) is 3.03. The van der Waals surface area contributed by atoms with Gasteiger partial charge in [0.2, 0.25) is 0 Å². The van der Waals surface area contributed by atoms with Crippen molar-refractivity contribution in [3.63, 3.8) is 0 Å². The first kappa shape index (κ1) is 14.7. The van der Waals surface area contributed by atoms with Gasteiger partial charge in [-0.05, 0) is 20.8 Å². The number of nitro groups is 1. The van der Waals surface area contributed by atoms with Crippen molar-refractivity contribution in [2.24, 2.45) is 0 Å². The fraction of sp³-hybridized carbons (Fsp3) is 0.333. The standard InChI is InChI=1S/C12H13ClN4O2S/c1-6-12(20-8(3)14-6)7(2)15-11-5-9(17(18)19)4-10(13)16-11/h4-5,7H,1-3H3,(H,15,16). The van der Waals surface area contributed by atoms with Gasteiger partial charge in [-0.25, -0.2) is 9.97 Å². The van der Waals surface area contributed by atoms with E-state index < -0.39 is 4.92 Å². The van der Waals surface area contributed by atoms with E-state index in [2.05, 4.69) is 15.3 Å². The quantitative estimate of drug-likeness (QED) is 0.526. The molecule has 0 bridgehead atoms. The third-order valence-corrected chi connectivity index (χ3v) is 4.14. The van der Waals surface area contributed by atoms with Gasteiger partial charge in [0.05, 0.1) is 33.8 Å². The Morgan fingerprint density at radius 3 is 2.65 bits per heavy atom. The maximum Gasteiger partial charge on any atom is 0.276 e. The summed E-state index contributed by atoms with van der Waals surface area (Å²) in [5, 5.41) is 15.0. The van der Waals surface area contributed by atoms with Gasteiger partial charge in [-0.2, -0.15) is 0 Å². The first-order valence-corrected chi connectivity index (χ1v) is 7.08. The first-order valence-electron chi connectivity index (χ1n) is 5.89. The van der Waals surface area contributed by atoms with E-state index >= 15 is 0 Å². The van der Waals surface area contributed by atoms with Gasteiger partial charge < -0.3 is 5.32 Å². The molecule has 0 fully saturated rings. The molecule has 0 saturated heterocycles. The SMILES string of the molecule is Cc1nc(C)c(C(C)Nc2cc([N+](=O)[O-])cc(Cl)n2)s1. The molecule has 0 aromatic carbocycles. The number of aromatic nitrogens is 2. The van der Waals surface area contributed by atoms with Gasteiger partial charge in [0, 0.05) is 4.88 Å². The molecule has 1 N–H and O–H groups in total. The minimum atomic E-state index is -0.495. The van der Waals surface area contributed by atoms with Crippen LogP contribution in [0.2, 0.25) is 5.15 Å². The molecule has 0 aliphatic rings. The highest BCUT2D eigenvalue weighted by Crippen LogP contribution is 2.28. The number of nitrogens with zero attached hydrogens (tertiary/aromatic N) is 3. The van der Waals surface area contributed by atoms with Crippen LogP contribution < -0.4 is 5.32 Å². The topological polar surface area (TPSA) is 81.0 Å². The molecule has 1 unspecified atom stereocenters. The fourth-order valence-electron chi connectivity index (χ4n) is 1.90. The number of halogens is 1. The summed E-state index contributed by atoms with van der Waals surface area (Å²) < 4.78 is 0. The second kappa shape index (κ2) is 5.72. The minimum Gasteiger partial charge on any atom is -0.362 e. The number of pyridine rings is 1. The summed E-state index contributed by atoms with van der Waals surface area (Å²) >= 11 is 7.38. The van der Waals surface area contributed by atoms with Crippen molar-refractivity contribution in [2.45, 2.75) is 26.8 Å². The predicted octanol–water partition coefficient (Wildman–Crippen LogP) is 3.89. The van der Waals surface area contributed by atoms with E-state index in [-0.39, 0.29) is 16.9 Å². The zero-order valence-corrected chi connectivity index (χ0v) is 12.7. The van der Waals surface area contributed by atoms with Crippen molar-refractivity contribution in [3.05, 3.63) is 43.0 Å². The van der Waals surface area contributed by atoms with Crippen LogP contribution in [0.3, 0.4) is 0 Å². The summed E-state index contributed by atoms with van der Waals surface area (Å²) in [4.78, 5) is 19.8. The van der Waals surface area contributed by atoms with Crippen LogP contribution >= 0.6 is 22.9 Å². The molecule has 2 aromatic heterocycles. The van der Waals surface area contributed by atoms with E-state index in [1.165, 1.54) is 12.1 Å². The Hall–Kier alpha value is -1.73. The molecule has 106 valence electrons. The van der Waals surface area contributed by atoms with E-state index in [1.54, 1.807) is 11.3 Å². The van der Waals surface area contributed by atoms with Crippen molar-refractivity contribution in [3.8, 4) is 0 Å². The number of hydrogen-bond donors (Lipinski definition) is 1. The molecule has 0 amide bonds. The Balaban J connectivity index is 2.25. The van der Waals surface area contributed by atoms with Crippen LogP contribution in [0.1, 0.15) is 28.5 Å². The summed E-state index contributed by atoms with van der Waals surface area (Å²) in [5.41, 5.74) is 0.862. The van der Waals surface area contributed by atoms with E-state index in [1.807, 2.05) is 20.8 Å². The number of nitrogens with one attached hydrogen (secondary N) is 1. The zero-order valence-electron chi connectivity index (χ0n) is 11.2. The Morgan fingerprint density at radius 2 is 2.10 bits per heavy atom. The van der Waals surface area contributed by atoms with Crippen LogP contribution in [0.5, 0.6) is 0 Å². The van der Waals surface area contributed by atoms with Crippen molar-refractivity contribution in [1.29, 1.82) is 0 Å². The number of aryl methyl sites for hydroxylation is 2. The monoisotopic (exact) mass is 312 g/mol.